The summed E-state index contributed by atoms with van der Waals surface area (Å²) >= 11 is 0. The first-order chi connectivity index (χ1) is 10.9. The van der Waals surface area contributed by atoms with Crippen molar-refractivity contribution in [3.05, 3.63) is 59.4 Å². The van der Waals surface area contributed by atoms with Gasteiger partial charge in [-0.2, -0.15) is 0 Å². The zero-order valence-corrected chi connectivity index (χ0v) is 12.6. The van der Waals surface area contributed by atoms with Crippen molar-refractivity contribution >= 4 is 17.5 Å². The number of carbonyl (C=O) groups is 2. The molecule has 0 aliphatic heterocycles. The van der Waals surface area contributed by atoms with Crippen molar-refractivity contribution in [1.82, 2.24) is 10.3 Å². The molecule has 0 bridgehead atoms. The zero-order valence-electron chi connectivity index (χ0n) is 12.6. The first-order valence-electron chi connectivity index (χ1n) is 6.90. The molecule has 0 unspecified atom stereocenters. The van der Waals surface area contributed by atoms with Crippen LogP contribution >= 0.6 is 0 Å². The minimum Gasteiger partial charge on any atom is -0.350 e. The normalized spacial score (nSPS) is 10.5. The van der Waals surface area contributed by atoms with Crippen LogP contribution in [0.3, 0.4) is 0 Å². The number of carbonyl (C=O) groups excluding carboxylic acids is 2. The molecule has 2 rings (SSSR count). The Morgan fingerprint density at radius 3 is 2.35 bits per heavy atom. The van der Waals surface area contributed by atoms with Gasteiger partial charge < -0.3 is 10.6 Å². The lowest BCUT2D eigenvalue weighted by molar-refractivity contribution is 0.0943. The van der Waals surface area contributed by atoms with Crippen molar-refractivity contribution in [1.29, 1.82) is 0 Å². The van der Waals surface area contributed by atoms with E-state index in [1.54, 1.807) is 13.8 Å². The van der Waals surface area contributed by atoms with Crippen LogP contribution in [-0.2, 0) is 0 Å². The van der Waals surface area contributed by atoms with Crippen molar-refractivity contribution in [3.8, 4) is 0 Å². The molecule has 1 aromatic heterocycles. The van der Waals surface area contributed by atoms with Crippen LogP contribution in [0.2, 0.25) is 0 Å². The fourth-order valence-corrected chi connectivity index (χ4v) is 1.84. The molecule has 5 nitrogen and oxygen atoms in total. The number of amides is 2. The van der Waals surface area contributed by atoms with Gasteiger partial charge in [0.1, 0.15) is 23.0 Å². The summed E-state index contributed by atoms with van der Waals surface area (Å²) in [4.78, 5) is 27.8. The lowest BCUT2D eigenvalue weighted by Crippen LogP contribution is -2.30. The monoisotopic (exact) mass is 319 g/mol. The van der Waals surface area contributed by atoms with Crippen molar-refractivity contribution in [2.24, 2.45) is 0 Å². The molecule has 0 spiro atoms. The van der Waals surface area contributed by atoms with Gasteiger partial charge in [0, 0.05) is 17.8 Å². The maximum atomic E-state index is 13.5. The number of para-hydroxylation sites is 1. The number of hydrogen-bond donors (Lipinski definition) is 2. The largest absolute Gasteiger partial charge is 0.350 e. The van der Waals surface area contributed by atoms with E-state index in [-0.39, 0.29) is 23.2 Å². The predicted octanol–water partition coefficient (Wildman–Crippen LogP) is 2.75. The second kappa shape index (κ2) is 6.95. The van der Waals surface area contributed by atoms with Crippen LogP contribution in [0.1, 0.15) is 34.7 Å². The van der Waals surface area contributed by atoms with Gasteiger partial charge in [-0.15, -0.1) is 0 Å². The van der Waals surface area contributed by atoms with Gasteiger partial charge in [0.05, 0.1) is 0 Å². The van der Waals surface area contributed by atoms with E-state index in [1.165, 1.54) is 24.4 Å². The third-order valence-electron chi connectivity index (χ3n) is 2.88. The smallest absolute Gasteiger partial charge is 0.274 e. The van der Waals surface area contributed by atoms with Crippen LogP contribution in [-0.4, -0.2) is 22.8 Å². The van der Waals surface area contributed by atoms with Crippen molar-refractivity contribution in [2.45, 2.75) is 19.9 Å². The second-order valence-corrected chi connectivity index (χ2v) is 5.11. The number of pyridine rings is 1. The van der Waals surface area contributed by atoms with Crippen LogP contribution < -0.4 is 10.6 Å². The fraction of sp³-hybridized carbons (Fsp3) is 0.188. The van der Waals surface area contributed by atoms with Gasteiger partial charge in [-0.25, -0.2) is 8.78 Å². The Hall–Kier alpha value is -2.83. The topological polar surface area (TPSA) is 71.1 Å². The van der Waals surface area contributed by atoms with Gasteiger partial charge in [-0.1, -0.05) is 6.07 Å². The number of benzene rings is 1. The molecular formula is C16H15F2N3O2. The van der Waals surface area contributed by atoms with Crippen molar-refractivity contribution < 1.29 is 18.4 Å². The lowest BCUT2D eigenvalue weighted by atomic mass is 10.2. The molecule has 1 heterocycles. The van der Waals surface area contributed by atoms with Gasteiger partial charge >= 0.3 is 0 Å². The zero-order chi connectivity index (χ0) is 17.0. The molecule has 1 aromatic carbocycles. The maximum absolute atomic E-state index is 13.5. The number of anilines is 1. The highest BCUT2D eigenvalue weighted by atomic mass is 19.1. The first kappa shape index (κ1) is 16.5. The number of hydrogen-bond acceptors (Lipinski definition) is 3. The van der Waals surface area contributed by atoms with Crippen LogP contribution in [0.25, 0.3) is 0 Å². The number of rotatable bonds is 4. The highest BCUT2D eigenvalue weighted by Crippen LogP contribution is 2.18. The van der Waals surface area contributed by atoms with Gasteiger partial charge in [-0.3, -0.25) is 14.6 Å². The summed E-state index contributed by atoms with van der Waals surface area (Å²) in [5.74, 6) is -2.97. The van der Waals surface area contributed by atoms with Crippen LogP contribution in [0.4, 0.5) is 14.5 Å². The molecular weight excluding hydrogens is 304 g/mol. The van der Waals surface area contributed by atoms with E-state index in [4.69, 9.17) is 0 Å². The SMILES string of the molecule is CC(C)NC(=O)c1ccnc(C(=O)Nc2c(F)cccc2F)c1. The van der Waals surface area contributed by atoms with Gasteiger partial charge in [0.25, 0.3) is 11.8 Å². The highest BCUT2D eigenvalue weighted by Gasteiger charge is 2.16. The molecule has 0 saturated carbocycles. The van der Waals surface area contributed by atoms with Gasteiger partial charge in [-0.05, 0) is 38.1 Å². The summed E-state index contributed by atoms with van der Waals surface area (Å²) in [7, 11) is 0. The molecule has 2 aromatic rings. The molecule has 120 valence electrons. The fourth-order valence-electron chi connectivity index (χ4n) is 1.84. The molecule has 2 N–H and O–H groups in total. The van der Waals surface area contributed by atoms with Crippen LogP contribution in [0.5, 0.6) is 0 Å². The third-order valence-corrected chi connectivity index (χ3v) is 2.88. The standard InChI is InChI=1S/C16H15F2N3O2/c1-9(2)20-15(22)10-6-7-19-13(8-10)16(23)21-14-11(17)4-3-5-12(14)18/h3-9H,1-2H3,(H,20,22)(H,21,23). The highest BCUT2D eigenvalue weighted by molar-refractivity contribution is 6.04. The number of aromatic nitrogens is 1. The van der Waals surface area contributed by atoms with E-state index >= 15 is 0 Å². The molecule has 0 radical (unpaired) electrons. The summed E-state index contributed by atoms with van der Waals surface area (Å²) in [6.07, 6.45) is 1.28. The molecule has 7 heteroatoms. The van der Waals surface area contributed by atoms with Crippen molar-refractivity contribution in [2.75, 3.05) is 5.32 Å². The summed E-state index contributed by atoms with van der Waals surface area (Å²) in [5, 5.41) is 4.79. The van der Waals surface area contributed by atoms with E-state index in [0.717, 1.165) is 12.1 Å². The average molecular weight is 319 g/mol. The Labute approximate surface area is 131 Å². The Morgan fingerprint density at radius 1 is 1.09 bits per heavy atom. The van der Waals surface area contributed by atoms with Gasteiger partial charge in [0.15, 0.2) is 0 Å². The van der Waals surface area contributed by atoms with Gasteiger partial charge in [0.2, 0.25) is 0 Å². The molecule has 0 fully saturated rings. The summed E-state index contributed by atoms with van der Waals surface area (Å²) in [6.45, 7) is 3.60. The molecule has 0 aliphatic carbocycles. The molecule has 2 amide bonds. The molecule has 0 atom stereocenters. The van der Waals surface area contributed by atoms with E-state index in [1.807, 2.05) is 0 Å². The predicted molar refractivity (Wildman–Crippen MR) is 81.2 cm³/mol. The summed E-state index contributed by atoms with van der Waals surface area (Å²) in [6, 6.07) is 5.87. The second-order valence-electron chi connectivity index (χ2n) is 5.11. The minimum absolute atomic E-state index is 0.0690. The van der Waals surface area contributed by atoms with E-state index < -0.39 is 23.2 Å². The molecule has 0 aliphatic rings. The average Bonchev–Trinajstić information content (AvgIpc) is 2.50. The Balaban J connectivity index is 2.22. The van der Waals surface area contributed by atoms with E-state index in [9.17, 15) is 18.4 Å². The van der Waals surface area contributed by atoms with E-state index in [2.05, 4.69) is 15.6 Å². The first-order valence-corrected chi connectivity index (χ1v) is 6.90. The quantitative estimate of drug-likeness (QED) is 0.910. The van der Waals surface area contributed by atoms with Crippen LogP contribution in [0.15, 0.2) is 36.5 Å². The molecule has 23 heavy (non-hydrogen) atoms. The van der Waals surface area contributed by atoms with Crippen LogP contribution in [0, 0.1) is 11.6 Å². The van der Waals surface area contributed by atoms with E-state index in [0.29, 0.717) is 0 Å². The number of nitrogens with one attached hydrogen (secondary N) is 2. The third kappa shape index (κ3) is 4.09. The van der Waals surface area contributed by atoms with Crippen molar-refractivity contribution in [3.63, 3.8) is 0 Å². The number of nitrogens with zero attached hydrogens (tertiary/aromatic N) is 1. The minimum atomic E-state index is -0.896. The number of halogens is 2. The Kier molecular flexibility index (Phi) is 5.00. The summed E-state index contributed by atoms with van der Waals surface area (Å²) < 4.78 is 27.1. The molecule has 0 saturated heterocycles. The Morgan fingerprint density at radius 2 is 1.74 bits per heavy atom. The Bertz CT molecular complexity index is 728. The summed E-state index contributed by atoms with van der Waals surface area (Å²) in [5.41, 5.74) is -0.451. The lowest BCUT2D eigenvalue weighted by Gasteiger charge is -2.10. The maximum Gasteiger partial charge on any atom is 0.274 e.